The number of ether oxygens (including phenoxy) is 1. The zero-order valence-electron chi connectivity index (χ0n) is 17.7. The quantitative estimate of drug-likeness (QED) is 0.444. The van der Waals surface area contributed by atoms with E-state index in [0.717, 1.165) is 55.6 Å². The molecule has 0 radical (unpaired) electrons. The summed E-state index contributed by atoms with van der Waals surface area (Å²) in [5, 5.41) is 2.51. The fourth-order valence-corrected chi connectivity index (χ4v) is 4.60. The molecule has 2 aromatic carbocycles. The van der Waals surface area contributed by atoms with Gasteiger partial charge in [-0.25, -0.2) is 0 Å². The molecule has 1 N–H and O–H groups in total. The number of benzene rings is 2. The lowest BCUT2D eigenvalue weighted by molar-refractivity contribution is 0.306. The van der Waals surface area contributed by atoms with E-state index < -0.39 is 0 Å². The number of methoxy groups -OCH3 is 1. The molecule has 0 atom stereocenters. The third-order valence-corrected chi connectivity index (χ3v) is 6.38. The van der Waals surface area contributed by atoms with Crippen LogP contribution in [-0.2, 0) is 12.8 Å². The molecule has 0 saturated heterocycles. The normalized spacial score (nSPS) is 15.1. The van der Waals surface area contributed by atoms with E-state index in [0.29, 0.717) is 0 Å². The molecule has 0 amide bonds. The van der Waals surface area contributed by atoms with Crippen LogP contribution >= 0.6 is 0 Å². The molecule has 5 rings (SSSR count). The highest BCUT2D eigenvalue weighted by molar-refractivity contribution is 5.94. The van der Waals surface area contributed by atoms with Crippen molar-refractivity contribution in [3.8, 4) is 5.75 Å². The molecule has 0 unspecified atom stereocenters. The van der Waals surface area contributed by atoms with Gasteiger partial charge < -0.3 is 14.1 Å². The van der Waals surface area contributed by atoms with Crippen molar-refractivity contribution in [1.82, 2.24) is 9.88 Å². The Balaban J connectivity index is 1.28. The van der Waals surface area contributed by atoms with E-state index >= 15 is 0 Å². The number of hydrogen-bond acceptors (Lipinski definition) is 3. The number of para-hydroxylation sites is 1. The summed E-state index contributed by atoms with van der Waals surface area (Å²) in [6.07, 6.45) is 9.61. The standard InChI is InChI=1S/C26H28N2O2/c1-3-18-5-4-6-22-24(16-27-26(18)22)19-9-12-28(13-10-19)14-11-20-17-30-25-8-7-21(29-2)15-23(20)25/h4-9,15-17,27H,3,10-14H2,1-2H3. The molecular weight excluding hydrogens is 372 g/mol. The number of aryl methyl sites for hydroxylation is 1. The minimum absolute atomic E-state index is 0.876. The number of nitrogens with zero attached hydrogens (tertiary/aromatic N) is 1. The SMILES string of the molecule is CCc1cccc2c(C3=CCN(CCc4coc5ccc(OC)cc45)CC3)c[nH]c12. The Morgan fingerprint density at radius 1 is 1.13 bits per heavy atom. The molecule has 0 aliphatic carbocycles. The Morgan fingerprint density at radius 2 is 2.07 bits per heavy atom. The molecule has 1 aliphatic rings. The molecule has 30 heavy (non-hydrogen) atoms. The van der Waals surface area contributed by atoms with Crippen molar-refractivity contribution in [2.24, 2.45) is 0 Å². The van der Waals surface area contributed by atoms with Crippen LogP contribution in [0.25, 0.3) is 27.4 Å². The molecule has 0 fully saturated rings. The second kappa shape index (κ2) is 8.04. The highest BCUT2D eigenvalue weighted by Gasteiger charge is 2.17. The topological polar surface area (TPSA) is 41.4 Å². The van der Waals surface area contributed by atoms with Gasteiger partial charge in [0.15, 0.2) is 0 Å². The molecular formula is C26H28N2O2. The van der Waals surface area contributed by atoms with Gasteiger partial charge >= 0.3 is 0 Å². The molecule has 4 nitrogen and oxygen atoms in total. The Morgan fingerprint density at radius 3 is 2.87 bits per heavy atom. The summed E-state index contributed by atoms with van der Waals surface area (Å²) in [4.78, 5) is 6.03. The van der Waals surface area contributed by atoms with Crippen molar-refractivity contribution in [2.45, 2.75) is 26.2 Å². The Labute approximate surface area is 177 Å². The van der Waals surface area contributed by atoms with Gasteiger partial charge in [0.25, 0.3) is 0 Å². The van der Waals surface area contributed by atoms with Crippen LogP contribution in [0, 0.1) is 0 Å². The van der Waals surface area contributed by atoms with Crippen LogP contribution in [0.4, 0.5) is 0 Å². The summed E-state index contributed by atoms with van der Waals surface area (Å²) < 4.78 is 11.1. The molecule has 0 bridgehead atoms. The molecule has 2 aromatic heterocycles. The van der Waals surface area contributed by atoms with Gasteiger partial charge in [-0.15, -0.1) is 0 Å². The fourth-order valence-electron chi connectivity index (χ4n) is 4.60. The van der Waals surface area contributed by atoms with Crippen molar-refractivity contribution < 1.29 is 9.15 Å². The summed E-state index contributed by atoms with van der Waals surface area (Å²) in [5.74, 6) is 0.876. The average molecular weight is 401 g/mol. The van der Waals surface area contributed by atoms with Gasteiger partial charge in [0.1, 0.15) is 11.3 Å². The van der Waals surface area contributed by atoms with Gasteiger partial charge in [0.05, 0.1) is 13.4 Å². The van der Waals surface area contributed by atoms with E-state index in [9.17, 15) is 0 Å². The first-order valence-corrected chi connectivity index (χ1v) is 10.8. The van der Waals surface area contributed by atoms with Gasteiger partial charge in [-0.3, -0.25) is 4.90 Å². The van der Waals surface area contributed by atoms with Crippen LogP contribution in [0.1, 0.15) is 30.0 Å². The third kappa shape index (κ3) is 3.41. The maximum Gasteiger partial charge on any atom is 0.134 e. The minimum Gasteiger partial charge on any atom is -0.497 e. The summed E-state index contributed by atoms with van der Waals surface area (Å²) in [6, 6.07) is 12.6. The fraction of sp³-hybridized carbons (Fsp3) is 0.308. The smallest absolute Gasteiger partial charge is 0.134 e. The lowest BCUT2D eigenvalue weighted by Crippen LogP contribution is -2.30. The zero-order valence-corrected chi connectivity index (χ0v) is 17.7. The van der Waals surface area contributed by atoms with Crippen LogP contribution < -0.4 is 4.74 Å². The number of aromatic amines is 1. The van der Waals surface area contributed by atoms with E-state index in [-0.39, 0.29) is 0 Å². The lowest BCUT2D eigenvalue weighted by atomic mass is 9.97. The maximum atomic E-state index is 5.72. The Kier molecular flexibility index (Phi) is 5.09. The Hall–Kier alpha value is -2.98. The predicted octanol–water partition coefficient (Wildman–Crippen LogP) is 5.82. The van der Waals surface area contributed by atoms with Gasteiger partial charge in [-0.2, -0.15) is 0 Å². The van der Waals surface area contributed by atoms with E-state index in [1.165, 1.54) is 33.2 Å². The van der Waals surface area contributed by atoms with Crippen LogP contribution in [0.15, 0.2) is 59.4 Å². The van der Waals surface area contributed by atoms with Gasteiger partial charge in [0, 0.05) is 47.7 Å². The maximum absolute atomic E-state index is 5.72. The predicted molar refractivity (Wildman–Crippen MR) is 123 cm³/mol. The van der Waals surface area contributed by atoms with Gasteiger partial charge in [0.2, 0.25) is 0 Å². The monoisotopic (exact) mass is 400 g/mol. The second-order valence-electron chi connectivity index (χ2n) is 8.05. The van der Waals surface area contributed by atoms with Crippen molar-refractivity contribution >= 4 is 27.4 Å². The van der Waals surface area contributed by atoms with Crippen LogP contribution in [-0.4, -0.2) is 36.6 Å². The largest absolute Gasteiger partial charge is 0.497 e. The van der Waals surface area contributed by atoms with Crippen LogP contribution in [0.3, 0.4) is 0 Å². The lowest BCUT2D eigenvalue weighted by Gasteiger charge is -2.26. The Bertz CT molecular complexity index is 1210. The number of nitrogens with one attached hydrogen (secondary N) is 1. The van der Waals surface area contributed by atoms with E-state index in [4.69, 9.17) is 9.15 Å². The van der Waals surface area contributed by atoms with E-state index in [1.807, 2.05) is 18.4 Å². The van der Waals surface area contributed by atoms with Crippen molar-refractivity contribution in [3.05, 3.63) is 71.6 Å². The van der Waals surface area contributed by atoms with E-state index in [1.54, 1.807) is 7.11 Å². The van der Waals surface area contributed by atoms with Crippen LogP contribution in [0.2, 0.25) is 0 Å². The molecule has 0 saturated carbocycles. The summed E-state index contributed by atoms with van der Waals surface area (Å²) in [7, 11) is 1.70. The molecule has 154 valence electrons. The summed E-state index contributed by atoms with van der Waals surface area (Å²) >= 11 is 0. The van der Waals surface area contributed by atoms with Gasteiger partial charge in [-0.05, 0) is 54.2 Å². The summed E-state index contributed by atoms with van der Waals surface area (Å²) in [6.45, 7) is 5.33. The second-order valence-corrected chi connectivity index (χ2v) is 8.05. The molecule has 4 aromatic rings. The number of H-pyrrole nitrogens is 1. The average Bonchev–Trinajstić information content (AvgIpc) is 3.41. The number of rotatable bonds is 6. The third-order valence-electron chi connectivity index (χ3n) is 6.38. The molecule has 1 aliphatic heterocycles. The number of hydrogen-bond donors (Lipinski definition) is 1. The highest BCUT2D eigenvalue weighted by Crippen LogP contribution is 2.31. The first kappa shape index (κ1) is 19.0. The minimum atomic E-state index is 0.876. The van der Waals surface area contributed by atoms with Crippen LogP contribution in [0.5, 0.6) is 5.75 Å². The van der Waals surface area contributed by atoms with Crippen molar-refractivity contribution in [1.29, 1.82) is 0 Å². The zero-order chi connectivity index (χ0) is 20.5. The summed E-state index contributed by atoms with van der Waals surface area (Å²) in [5.41, 5.74) is 7.69. The molecule has 0 spiro atoms. The first-order valence-electron chi connectivity index (χ1n) is 10.8. The molecule has 3 heterocycles. The number of furan rings is 1. The number of fused-ring (bicyclic) bond motifs is 2. The van der Waals surface area contributed by atoms with Crippen molar-refractivity contribution in [3.63, 3.8) is 0 Å². The van der Waals surface area contributed by atoms with Gasteiger partial charge in [-0.1, -0.05) is 31.2 Å². The van der Waals surface area contributed by atoms with Crippen molar-refractivity contribution in [2.75, 3.05) is 26.7 Å². The first-order chi connectivity index (χ1) is 14.8. The highest BCUT2D eigenvalue weighted by atomic mass is 16.5. The molecule has 4 heteroatoms. The number of aromatic nitrogens is 1. The van der Waals surface area contributed by atoms with E-state index in [2.05, 4.69) is 53.3 Å².